The summed E-state index contributed by atoms with van der Waals surface area (Å²) in [7, 11) is 0. The van der Waals surface area contributed by atoms with Crippen LogP contribution in [0, 0.1) is 11.7 Å². The number of hydrogen-bond acceptors (Lipinski definition) is 4. The Morgan fingerprint density at radius 1 is 1.24 bits per heavy atom. The molecule has 0 N–H and O–H groups in total. The summed E-state index contributed by atoms with van der Waals surface area (Å²) in [6.07, 6.45) is 0.160. The fourth-order valence-electron chi connectivity index (χ4n) is 3.04. The third kappa shape index (κ3) is 5.18. The van der Waals surface area contributed by atoms with Gasteiger partial charge in [0.1, 0.15) is 11.4 Å². The molecule has 2 atom stereocenters. The Morgan fingerprint density at radius 3 is 2.44 bits per heavy atom. The van der Waals surface area contributed by atoms with Crippen molar-refractivity contribution in [2.75, 3.05) is 19.7 Å². The lowest BCUT2D eigenvalue weighted by molar-refractivity contribution is -0.150. The van der Waals surface area contributed by atoms with Crippen molar-refractivity contribution in [1.29, 1.82) is 0 Å². The van der Waals surface area contributed by atoms with Gasteiger partial charge in [0.2, 0.25) is 0 Å². The summed E-state index contributed by atoms with van der Waals surface area (Å²) in [5, 5.41) is 0. The number of hydrogen-bond donors (Lipinski definition) is 0. The van der Waals surface area contributed by atoms with E-state index in [2.05, 4.69) is 0 Å². The first-order valence-corrected chi connectivity index (χ1v) is 8.61. The minimum Gasteiger partial charge on any atom is -0.466 e. The van der Waals surface area contributed by atoms with Gasteiger partial charge in [0.25, 0.3) is 0 Å². The number of esters is 1. The van der Waals surface area contributed by atoms with Gasteiger partial charge in [-0.1, -0.05) is 12.1 Å². The van der Waals surface area contributed by atoms with Gasteiger partial charge in [-0.3, -0.25) is 4.79 Å². The average Bonchev–Trinajstić information content (AvgIpc) is 2.54. The maximum absolute atomic E-state index is 13.2. The van der Waals surface area contributed by atoms with E-state index in [1.54, 1.807) is 44.7 Å². The molecule has 6 heteroatoms. The molecule has 2 rings (SSSR count). The quantitative estimate of drug-likeness (QED) is 0.779. The maximum atomic E-state index is 13.2. The molecule has 0 bridgehead atoms. The third-order valence-electron chi connectivity index (χ3n) is 4.15. The van der Waals surface area contributed by atoms with E-state index in [1.807, 2.05) is 0 Å². The van der Waals surface area contributed by atoms with Crippen molar-refractivity contribution >= 4 is 12.1 Å². The monoisotopic (exact) mass is 351 g/mol. The van der Waals surface area contributed by atoms with Gasteiger partial charge in [0, 0.05) is 19.0 Å². The number of rotatable bonds is 3. The van der Waals surface area contributed by atoms with Gasteiger partial charge >= 0.3 is 12.1 Å². The fraction of sp³-hybridized carbons (Fsp3) is 0.579. The van der Waals surface area contributed by atoms with Crippen LogP contribution in [0.5, 0.6) is 0 Å². The zero-order chi connectivity index (χ0) is 18.6. The highest BCUT2D eigenvalue weighted by molar-refractivity contribution is 5.76. The minimum absolute atomic E-state index is 0.113. The number of nitrogens with zero attached hydrogens (tertiary/aromatic N) is 1. The van der Waals surface area contributed by atoms with Gasteiger partial charge in [-0.15, -0.1) is 0 Å². The van der Waals surface area contributed by atoms with Crippen molar-refractivity contribution in [2.45, 2.75) is 45.6 Å². The van der Waals surface area contributed by atoms with Gasteiger partial charge in [0.05, 0.1) is 12.5 Å². The van der Waals surface area contributed by atoms with Gasteiger partial charge in [-0.25, -0.2) is 9.18 Å². The molecule has 0 radical (unpaired) electrons. The Balaban J connectivity index is 2.18. The zero-order valence-corrected chi connectivity index (χ0v) is 15.3. The lowest BCUT2D eigenvalue weighted by atomic mass is 9.80. The van der Waals surface area contributed by atoms with Crippen LogP contribution < -0.4 is 0 Å². The molecule has 1 aromatic carbocycles. The molecule has 1 heterocycles. The molecule has 1 amide bonds. The Bertz CT molecular complexity index is 609. The molecule has 5 nitrogen and oxygen atoms in total. The fourth-order valence-corrected chi connectivity index (χ4v) is 3.04. The molecule has 1 saturated heterocycles. The predicted molar refractivity (Wildman–Crippen MR) is 91.7 cm³/mol. The average molecular weight is 351 g/mol. The van der Waals surface area contributed by atoms with Crippen molar-refractivity contribution in [3.05, 3.63) is 35.6 Å². The molecule has 25 heavy (non-hydrogen) atoms. The predicted octanol–water partition coefficient (Wildman–Crippen LogP) is 3.73. The van der Waals surface area contributed by atoms with Crippen LogP contribution in [0.25, 0.3) is 0 Å². The third-order valence-corrected chi connectivity index (χ3v) is 4.15. The first kappa shape index (κ1) is 19.2. The molecule has 0 spiro atoms. The zero-order valence-electron chi connectivity index (χ0n) is 15.3. The molecule has 0 unspecified atom stereocenters. The van der Waals surface area contributed by atoms with E-state index < -0.39 is 17.6 Å². The largest absolute Gasteiger partial charge is 0.466 e. The van der Waals surface area contributed by atoms with Crippen LogP contribution in [0.1, 0.15) is 45.6 Å². The van der Waals surface area contributed by atoms with Gasteiger partial charge in [0.15, 0.2) is 0 Å². The van der Waals surface area contributed by atoms with E-state index in [1.165, 1.54) is 12.1 Å². The highest BCUT2D eigenvalue weighted by Crippen LogP contribution is 2.34. The summed E-state index contributed by atoms with van der Waals surface area (Å²) in [6, 6.07) is 6.15. The van der Waals surface area contributed by atoms with E-state index in [0.29, 0.717) is 13.0 Å². The van der Waals surface area contributed by atoms with Crippen molar-refractivity contribution in [1.82, 2.24) is 4.90 Å². The highest BCUT2D eigenvalue weighted by atomic mass is 19.1. The smallest absolute Gasteiger partial charge is 0.410 e. The Morgan fingerprint density at radius 2 is 1.88 bits per heavy atom. The van der Waals surface area contributed by atoms with E-state index in [-0.39, 0.29) is 30.9 Å². The molecular formula is C19H26FNO4. The molecule has 0 aromatic heterocycles. The van der Waals surface area contributed by atoms with Gasteiger partial charge in [-0.05, 0) is 51.8 Å². The van der Waals surface area contributed by atoms with Crippen molar-refractivity contribution < 1.29 is 23.5 Å². The summed E-state index contributed by atoms with van der Waals surface area (Å²) < 4.78 is 23.8. The summed E-state index contributed by atoms with van der Waals surface area (Å²) in [6.45, 7) is 8.15. The minimum atomic E-state index is -0.593. The number of benzene rings is 1. The number of ether oxygens (including phenoxy) is 2. The molecule has 1 fully saturated rings. The van der Waals surface area contributed by atoms with Crippen molar-refractivity contribution in [2.24, 2.45) is 5.92 Å². The molecule has 0 aliphatic carbocycles. The van der Waals surface area contributed by atoms with Crippen LogP contribution in [0.2, 0.25) is 0 Å². The number of halogens is 1. The molecule has 1 aromatic rings. The highest BCUT2D eigenvalue weighted by Gasteiger charge is 2.39. The standard InChI is InChI=1S/C19H26FNO4/c1-5-24-17(22)16-12-21(18(23)25-19(2,3)4)11-10-15(16)13-6-8-14(20)9-7-13/h6-9,15-16H,5,10-12H2,1-4H3/t15-,16+/m1/s1. The van der Waals surface area contributed by atoms with E-state index in [9.17, 15) is 14.0 Å². The second kappa shape index (κ2) is 7.85. The van der Waals surface area contributed by atoms with Crippen LogP contribution in [-0.4, -0.2) is 42.3 Å². The van der Waals surface area contributed by atoms with E-state index in [4.69, 9.17) is 9.47 Å². The van der Waals surface area contributed by atoms with Crippen LogP contribution in [0.3, 0.4) is 0 Å². The van der Waals surface area contributed by atoms with Crippen molar-refractivity contribution in [3.63, 3.8) is 0 Å². The number of likely N-dealkylation sites (tertiary alicyclic amines) is 1. The SMILES string of the molecule is CCOC(=O)[C@H]1CN(C(=O)OC(C)(C)C)CC[C@@H]1c1ccc(F)cc1. The first-order valence-electron chi connectivity index (χ1n) is 8.61. The molecule has 0 saturated carbocycles. The topological polar surface area (TPSA) is 55.8 Å². The lowest BCUT2D eigenvalue weighted by Gasteiger charge is -2.38. The summed E-state index contributed by atoms with van der Waals surface area (Å²) in [5.41, 5.74) is 0.285. The number of carbonyl (C=O) groups excluding carboxylic acids is 2. The second-order valence-electron chi connectivity index (χ2n) is 7.23. The van der Waals surface area contributed by atoms with Gasteiger partial charge in [-0.2, -0.15) is 0 Å². The first-order chi connectivity index (χ1) is 11.7. The molecule has 1 aliphatic rings. The van der Waals surface area contributed by atoms with Crippen LogP contribution in [0.4, 0.5) is 9.18 Å². The lowest BCUT2D eigenvalue weighted by Crippen LogP contribution is -2.47. The number of piperidine rings is 1. The number of amides is 1. The van der Waals surface area contributed by atoms with Crippen molar-refractivity contribution in [3.8, 4) is 0 Å². The normalized spacial score (nSPS) is 20.9. The van der Waals surface area contributed by atoms with E-state index in [0.717, 1.165) is 5.56 Å². The van der Waals surface area contributed by atoms with Crippen LogP contribution >= 0.6 is 0 Å². The van der Waals surface area contributed by atoms with Crippen LogP contribution in [-0.2, 0) is 14.3 Å². The Hall–Kier alpha value is -2.11. The molecular weight excluding hydrogens is 325 g/mol. The molecule has 138 valence electrons. The molecule has 1 aliphatic heterocycles. The summed E-state index contributed by atoms with van der Waals surface area (Å²) in [5.74, 6) is -1.27. The summed E-state index contributed by atoms with van der Waals surface area (Å²) in [4.78, 5) is 26.3. The Kier molecular flexibility index (Phi) is 6.03. The second-order valence-corrected chi connectivity index (χ2v) is 7.23. The summed E-state index contributed by atoms with van der Waals surface area (Å²) >= 11 is 0. The Labute approximate surface area is 148 Å². The maximum Gasteiger partial charge on any atom is 0.410 e. The number of carbonyl (C=O) groups is 2. The van der Waals surface area contributed by atoms with Gasteiger partial charge < -0.3 is 14.4 Å². The van der Waals surface area contributed by atoms with E-state index >= 15 is 0 Å². The van der Waals surface area contributed by atoms with Crippen LogP contribution in [0.15, 0.2) is 24.3 Å².